The van der Waals surface area contributed by atoms with Crippen LogP contribution in [0.25, 0.3) is 0 Å². The molecule has 0 spiro atoms. The molecule has 0 aliphatic carbocycles. The van der Waals surface area contributed by atoms with Crippen molar-refractivity contribution < 1.29 is 29.4 Å². The monoisotopic (exact) mass is 446 g/mol. The van der Waals surface area contributed by atoms with Crippen molar-refractivity contribution in [1.29, 1.82) is 0 Å². The molecule has 0 aromatic carbocycles. The Morgan fingerprint density at radius 1 is 0.806 bits per heavy atom. The minimum absolute atomic E-state index is 0.209. The first-order valence-electron chi connectivity index (χ1n) is 10.5. The third-order valence-electron chi connectivity index (χ3n) is 4.68. The van der Waals surface area contributed by atoms with Gasteiger partial charge in [0.1, 0.15) is 12.1 Å². The van der Waals surface area contributed by atoms with Gasteiger partial charge in [0.15, 0.2) is 6.04 Å². The Hall–Kier alpha value is -2.28. The van der Waals surface area contributed by atoms with Crippen molar-refractivity contribution in [3.05, 3.63) is 0 Å². The van der Waals surface area contributed by atoms with E-state index in [0.717, 1.165) is 6.42 Å². The molecule has 31 heavy (non-hydrogen) atoms. The van der Waals surface area contributed by atoms with Crippen LogP contribution in [0.2, 0.25) is 0 Å². The van der Waals surface area contributed by atoms with E-state index in [1.807, 2.05) is 0 Å². The van der Waals surface area contributed by atoms with Crippen molar-refractivity contribution in [2.24, 2.45) is 17.2 Å². The number of rotatable bonds is 16. The molecule has 12 nitrogen and oxygen atoms in total. The van der Waals surface area contributed by atoms with Crippen molar-refractivity contribution in [3.63, 3.8) is 0 Å². The van der Waals surface area contributed by atoms with Crippen LogP contribution in [-0.4, -0.2) is 77.3 Å². The van der Waals surface area contributed by atoms with E-state index in [1.54, 1.807) is 0 Å². The van der Waals surface area contributed by atoms with E-state index in [1.165, 1.54) is 13.8 Å². The zero-order chi connectivity index (χ0) is 24.0. The molecule has 180 valence electrons. The Bertz CT molecular complexity index is 588. The fourth-order valence-corrected chi connectivity index (χ4v) is 2.73. The number of carboxylic acids is 1. The standard InChI is InChI=1S/C19H38N6O6/c1-11(23-17(28)13(22)7-3-5-9-20)16(27)24-14(8-4-6-10-21)18(29)25-15(12(2)26)19(30)31/h11-15,26H,3-10,20-22H2,1-2H3,(H,23,28)(H,24,27)(H,25,29)(H,30,31). The van der Waals surface area contributed by atoms with Gasteiger partial charge in [-0.2, -0.15) is 0 Å². The largest absolute Gasteiger partial charge is 0.480 e. The summed E-state index contributed by atoms with van der Waals surface area (Å²) in [4.78, 5) is 48.4. The quantitative estimate of drug-likeness (QED) is 0.117. The van der Waals surface area contributed by atoms with Crippen LogP contribution < -0.4 is 33.2 Å². The number of amides is 3. The second-order valence-electron chi connectivity index (χ2n) is 7.53. The summed E-state index contributed by atoms with van der Waals surface area (Å²) in [5, 5.41) is 25.9. The average Bonchev–Trinajstić information content (AvgIpc) is 2.70. The summed E-state index contributed by atoms with van der Waals surface area (Å²) in [5.41, 5.74) is 16.7. The number of nitrogens with two attached hydrogens (primary N) is 3. The van der Waals surface area contributed by atoms with E-state index in [2.05, 4.69) is 16.0 Å². The molecule has 0 saturated heterocycles. The second-order valence-corrected chi connectivity index (χ2v) is 7.53. The summed E-state index contributed by atoms with van der Waals surface area (Å²) in [7, 11) is 0. The van der Waals surface area contributed by atoms with Gasteiger partial charge < -0.3 is 43.4 Å². The van der Waals surface area contributed by atoms with E-state index in [-0.39, 0.29) is 6.42 Å². The Balaban J connectivity index is 5.00. The highest BCUT2D eigenvalue weighted by molar-refractivity contribution is 5.93. The molecule has 0 aliphatic heterocycles. The molecule has 0 radical (unpaired) electrons. The second kappa shape index (κ2) is 15.5. The first-order chi connectivity index (χ1) is 14.5. The smallest absolute Gasteiger partial charge is 0.328 e. The highest BCUT2D eigenvalue weighted by Crippen LogP contribution is 2.04. The van der Waals surface area contributed by atoms with E-state index in [4.69, 9.17) is 22.3 Å². The predicted molar refractivity (Wildman–Crippen MR) is 115 cm³/mol. The van der Waals surface area contributed by atoms with E-state index >= 15 is 0 Å². The van der Waals surface area contributed by atoms with Gasteiger partial charge in [0.2, 0.25) is 17.7 Å². The number of aliphatic hydroxyl groups is 1. The lowest BCUT2D eigenvalue weighted by Crippen LogP contribution is -2.57. The van der Waals surface area contributed by atoms with E-state index in [9.17, 15) is 24.3 Å². The van der Waals surface area contributed by atoms with Crippen LogP contribution in [0.4, 0.5) is 0 Å². The number of nitrogens with one attached hydrogen (secondary N) is 3. The van der Waals surface area contributed by atoms with Gasteiger partial charge >= 0.3 is 5.97 Å². The zero-order valence-electron chi connectivity index (χ0n) is 18.3. The molecule has 0 heterocycles. The molecule has 0 aliphatic rings. The number of hydrogen-bond acceptors (Lipinski definition) is 8. The van der Waals surface area contributed by atoms with Crippen LogP contribution in [0.5, 0.6) is 0 Å². The summed E-state index contributed by atoms with van der Waals surface area (Å²) < 4.78 is 0. The number of carbonyl (C=O) groups excluding carboxylic acids is 3. The summed E-state index contributed by atoms with van der Waals surface area (Å²) in [5.74, 6) is -3.28. The topological polar surface area (TPSA) is 223 Å². The fraction of sp³-hybridized carbons (Fsp3) is 0.789. The maximum atomic E-state index is 12.5. The zero-order valence-corrected chi connectivity index (χ0v) is 18.3. The summed E-state index contributed by atoms with van der Waals surface area (Å²) in [6, 6.07) is -4.33. The van der Waals surface area contributed by atoms with Gasteiger partial charge in [0.05, 0.1) is 12.1 Å². The predicted octanol–water partition coefficient (Wildman–Crippen LogP) is -2.49. The van der Waals surface area contributed by atoms with Crippen LogP contribution in [0.15, 0.2) is 0 Å². The molecular formula is C19H38N6O6. The molecule has 0 aromatic rings. The van der Waals surface area contributed by atoms with Gasteiger partial charge in [0, 0.05) is 0 Å². The van der Waals surface area contributed by atoms with Gasteiger partial charge in [-0.15, -0.1) is 0 Å². The lowest BCUT2D eigenvalue weighted by molar-refractivity contribution is -0.145. The molecule has 5 atom stereocenters. The molecular weight excluding hydrogens is 408 g/mol. The molecule has 12 heteroatoms. The SMILES string of the molecule is CC(NC(=O)C(N)CCCCN)C(=O)NC(CCCCN)C(=O)NC(C(=O)O)C(C)O. The maximum Gasteiger partial charge on any atom is 0.328 e. The minimum Gasteiger partial charge on any atom is -0.480 e. The van der Waals surface area contributed by atoms with Gasteiger partial charge in [-0.05, 0) is 59.0 Å². The lowest BCUT2D eigenvalue weighted by Gasteiger charge is -2.24. The van der Waals surface area contributed by atoms with Gasteiger partial charge in [-0.25, -0.2) is 4.79 Å². The van der Waals surface area contributed by atoms with E-state index in [0.29, 0.717) is 38.8 Å². The van der Waals surface area contributed by atoms with Gasteiger partial charge in [0.25, 0.3) is 0 Å². The number of aliphatic carboxylic acids is 1. The lowest BCUT2D eigenvalue weighted by atomic mass is 10.1. The molecule has 0 aromatic heterocycles. The highest BCUT2D eigenvalue weighted by atomic mass is 16.4. The summed E-state index contributed by atoms with van der Waals surface area (Å²) >= 11 is 0. The van der Waals surface area contributed by atoms with Crippen molar-refractivity contribution in [3.8, 4) is 0 Å². The minimum atomic E-state index is -1.52. The molecule has 0 bridgehead atoms. The Kier molecular flexibility index (Phi) is 14.4. The number of carbonyl (C=O) groups is 4. The van der Waals surface area contributed by atoms with E-state index < -0.39 is 54.0 Å². The normalized spacial score (nSPS) is 15.8. The Morgan fingerprint density at radius 3 is 1.84 bits per heavy atom. The first-order valence-corrected chi connectivity index (χ1v) is 10.5. The fourth-order valence-electron chi connectivity index (χ4n) is 2.73. The summed E-state index contributed by atoms with van der Waals surface area (Å²) in [6.07, 6.45) is 1.83. The van der Waals surface area contributed by atoms with Crippen LogP contribution in [0.3, 0.4) is 0 Å². The first kappa shape index (κ1) is 28.7. The third kappa shape index (κ3) is 11.6. The molecule has 0 rings (SSSR count). The number of unbranched alkanes of at least 4 members (excludes halogenated alkanes) is 2. The van der Waals surface area contributed by atoms with Crippen molar-refractivity contribution in [2.45, 2.75) is 82.6 Å². The van der Waals surface area contributed by atoms with Crippen molar-refractivity contribution in [1.82, 2.24) is 16.0 Å². The highest BCUT2D eigenvalue weighted by Gasteiger charge is 2.30. The van der Waals surface area contributed by atoms with Crippen molar-refractivity contribution in [2.75, 3.05) is 13.1 Å². The Morgan fingerprint density at radius 2 is 1.35 bits per heavy atom. The molecule has 0 saturated carbocycles. The molecule has 5 unspecified atom stereocenters. The van der Waals surface area contributed by atoms with Gasteiger partial charge in [-0.3, -0.25) is 14.4 Å². The molecule has 0 fully saturated rings. The number of carboxylic acid groups (broad SMARTS) is 1. The van der Waals surface area contributed by atoms with Crippen LogP contribution in [0, 0.1) is 0 Å². The maximum absolute atomic E-state index is 12.5. The Labute approximate surface area is 182 Å². The average molecular weight is 447 g/mol. The number of aliphatic hydroxyl groups excluding tert-OH is 1. The van der Waals surface area contributed by atoms with Crippen LogP contribution in [-0.2, 0) is 19.2 Å². The summed E-state index contributed by atoms with van der Waals surface area (Å²) in [6.45, 7) is 3.57. The van der Waals surface area contributed by atoms with Crippen LogP contribution in [0.1, 0.15) is 52.4 Å². The molecule has 11 N–H and O–H groups in total. The van der Waals surface area contributed by atoms with Gasteiger partial charge in [-0.1, -0.05) is 6.42 Å². The van der Waals surface area contributed by atoms with Crippen molar-refractivity contribution >= 4 is 23.7 Å². The third-order valence-corrected chi connectivity index (χ3v) is 4.68. The number of hydrogen-bond donors (Lipinski definition) is 8. The van der Waals surface area contributed by atoms with Crippen LogP contribution >= 0.6 is 0 Å². The molecule has 3 amide bonds.